The molecule has 0 saturated heterocycles. The van der Waals surface area contributed by atoms with Gasteiger partial charge in [0.2, 0.25) is 5.75 Å². The van der Waals surface area contributed by atoms with Gasteiger partial charge in [-0.3, -0.25) is 4.79 Å². The fourth-order valence-electron chi connectivity index (χ4n) is 2.02. The molecular formula is C15H23NO4. The molecule has 0 aliphatic rings. The van der Waals surface area contributed by atoms with Crippen molar-refractivity contribution >= 4 is 5.91 Å². The van der Waals surface area contributed by atoms with Gasteiger partial charge in [0.05, 0.1) is 21.3 Å². The van der Waals surface area contributed by atoms with Crippen LogP contribution < -0.4 is 19.5 Å². The van der Waals surface area contributed by atoms with E-state index in [9.17, 15) is 4.79 Å². The number of carbonyl (C=O) groups excluding carboxylic acids is 1. The Hall–Kier alpha value is -1.91. The maximum Gasteiger partial charge on any atom is 0.251 e. The maximum atomic E-state index is 12.2. The molecule has 1 amide bonds. The molecule has 112 valence electrons. The summed E-state index contributed by atoms with van der Waals surface area (Å²) in [7, 11) is 4.58. The van der Waals surface area contributed by atoms with E-state index in [4.69, 9.17) is 14.2 Å². The fourth-order valence-corrected chi connectivity index (χ4v) is 2.02. The van der Waals surface area contributed by atoms with Crippen LogP contribution in [-0.4, -0.2) is 33.3 Å². The van der Waals surface area contributed by atoms with Crippen molar-refractivity contribution in [1.29, 1.82) is 0 Å². The quantitative estimate of drug-likeness (QED) is 0.834. The molecule has 0 aromatic heterocycles. The van der Waals surface area contributed by atoms with Crippen molar-refractivity contribution in [2.45, 2.75) is 32.7 Å². The fraction of sp³-hybridized carbons (Fsp3) is 0.533. The Morgan fingerprint density at radius 2 is 1.70 bits per heavy atom. The summed E-state index contributed by atoms with van der Waals surface area (Å²) in [6.45, 7) is 4.07. The van der Waals surface area contributed by atoms with E-state index in [0.29, 0.717) is 22.8 Å². The van der Waals surface area contributed by atoms with Gasteiger partial charge in [-0.15, -0.1) is 0 Å². The Balaban J connectivity index is 3.03. The lowest BCUT2D eigenvalue weighted by molar-refractivity contribution is 0.0937. The van der Waals surface area contributed by atoms with Crippen LogP contribution in [-0.2, 0) is 0 Å². The minimum absolute atomic E-state index is 0.131. The number of ether oxygens (including phenoxy) is 3. The van der Waals surface area contributed by atoms with Gasteiger partial charge in [0, 0.05) is 11.6 Å². The zero-order valence-electron chi connectivity index (χ0n) is 12.8. The number of amides is 1. The van der Waals surface area contributed by atoms with Crippen molar-refractivity contribution in [2.75, 3.05) is 21.3 Å². The van der Waals surface area contributed by atoms with Crippen molar-refractivity contribution in [2.24, 2.45) is 0 Å². The molecule has 1 aromatic carbocycles. The molecule has 0 aliphatic carbocycles. The van der Waals surface area contributed by atoms with Crippen molar-refractivity contribution in [1.82, 2.24) is 5.32 Å². The molecule has 20 heavy (non-hydrogen) atoms. The molecule has 1 aromatic rings. The number of carbonyl (C=O) groups is 1. The number of methoxy groups -OCH3 is 3. The average molecular weight is 281 g/mol. The van der Waals surface area contributed by atoms with Gasteiger partial charge in [0.15, 0.2) is 11.5 Å². The Labute approximate surface area is 120 Å². The third-order valence-electron chi connectivity index (χ3n) is 3.03. The zero-order chi connectivity index (χ0) is 15.1. The predicted molar refractivity (Wildman–Crippen MR) is 77.9 cm³/mol. The van der Waals surface area contributed by atoms with Crippen LogP contribution >= 0.6 is 0 Å². The van der Waals surface area contributed by atoms with E-state index >= 15 is 0 Å². The maximum absolute atomic E-state index is 12.2. The van der Waals surface area contributed by atoms with E-state index in [1.807, 2.05) is 6.92 Å². The summed E-state index contributed by atoms with van der Waals surface area (Å²) >= 11 is 0. The van der Waals surface area contributed by atoms with Crippen LogP contribution in [0, 0.1) is 0 Å². The van der Waals surface area contributed by atoms with Crippen molar-refractivity contribution in [3.63, 3.8) is 0 Å². The van der Waals surface area contributed by atoms with Crippen LogP contribution in [0.4, 0.5) is 0 Å². The molecule has 0 unspecified atom stereocenters. The highest BCUT2D eigenvalue weighted by Gasteiger charge is 2.17. The van der Waals surface area contributed by atoms with Crippen LogP contribution in [0.3, 0.4) is 0 Å². The Kier molecular flexibility index (Phi) is 6.15. The SMILES string of the molecule is CCC[C@@H](C)NC(=O)c1cc(OC)c(OC)c(OC)c1. The first kappa shape index (κ1) is 16.1. The van der Waals surface area contributed by atoms with Gasteiger partial charge in [-0.25, -0.2) is 0 Å². The van der Waals surface area contributed by atoms with Crippen LogP contribution in [0.25, 0.3) is 0 Å². The lowest BCUT2D eigenvalue weighted by atomic mass is 10.1. The van der Waals surface area contributed by atoms with E-state index in [1.165, 1.54) is 21.3 Å². The molecule has 1 N–H and O–H groups in total. The van der Waals surface area contributed by atoms with E-state index < -0.39 is 0 Å². The van der Waals surface area contributed by atoms with E-state index in [1.54, 1.807) is 12.1 Å². The van der Waals surface area contributed by atoms with Crippen molar-refractivity contribution < 1.29 is 19.0 Å². The molecule has 5 nitrogen and oxygen atoms in total. The van der Waals surface area contributed by atoms with Gasteiger partial charge in [-0.1, -0.05) is 13.3 Å². The molecule has 0 fully saturated rings. The summed E-state index contributed by atoms with van der Waals surface area (Å²) in [5.74, 6) is 1.28. The summed E-state index contributed by atoms with van der Waals surface area (Å²) in [5.41, 5.74) is 0.488. The molecular weight excluding hydrogens is 258 g/mol. The zero-order valence-corrected chi connectivity index (χ0v) is 12.8. The van der Waals surface area contributed by atoms with Crippen molar-refractivity contribution in [3.8, 4) is 17.2 Å². The van der Waals surface area contributed by atoms with Crippen LogP contribution in [0.15, 0.2) is 12.1 Å². The van der Waals surface area contributed by atoms with Gasteiger partial charge in [0.25, 0.3) is 5.91 Å². The van der Waals surface area contributed by atoms with E-state index in [-0.39, 0.29) is 11.9 Å². The second kappa shape index (κ2) is 7.62. The Morgan fingerprint density at radius 1 is 1.15 bits per heavy atom. The summed E-state index contributed by atoms with van der Waals surface area (Å²) in [6.07, 6.45) is 1.97. The molecule has 0 heterocycles. The van der Waals surface area contributed by atoms with Gasteiger partial charge < -0.3 is 19.5 Å². The summed E-state index contributed by atoms with van der Waals surface area (Å²) in [5, 5.41) is 2.95. The Bertz CT molecular complexity index is 434. The number of benzene rings is 1. The topological polar surface area (TPSA) is 56.8 Å². The second-order valence-electron chi connectivity index (χ2n) is 4.58. The minimum Gasteiger partial charge on any atom is -0.493 e. The summed E-state index contributed by atoms with van der Waals surface area (Å²) < 4.78 is 15.7. The molecule has 0 radical (unpaired) electrons. The smallest absolute Gasteiger partial charge is 0.251 e. The second-order valence-corrected chi connectivity index (χ2v) is 4.58. The van der Waals surface area contributed by atoms with Crippen LogP contribution in [0.5, 0.6) is 17.2 Å². The average Bonchev–Trinajstić information content (AvgIpc) is 2.45. The highest BCUT2D eigenvalue weighted by molar-refractivity contribution is 5.95. The first-order valence-electron chi connectivity index (χ1n) is 6.68. The Morgan fingerprint density at radius 3 is 2.10 bits per heavy atom. The van der Waals surface area contributed by atoms with E-state index in [0.717, 1.165) is 12.8 Å². The third kappa shape index (κ3) is 3.79. The van der Waals surface area contributed by atoms with Gasteiger partial charge in [0.1, 0.15) is 0 Å². The number of hydrogen-bond donors (Lipinski definition) is 1. The minimum atomic E-state index is -0.148. The molecule has 5 heteroatoms. The largest absolute Gasteiger partial charge is 0.493 e. The highest BCUT2D eigenvalue weighted by atomic mass is 16.5. The highest BCUT2D eigenvalue weighted by Crippen LogP contribution is 2.38. The lowest BCUT2D eigenvalue weighted by Gasteiger charge is -2.16. The van der Waals surface area contributed by atoms with Gasteiger partial charge in [-0.2, -0.15) is 0 Å². The number of hydrogen-bond acceptors (Lipinski definition) is 4. The van der Waals surface area contributed by atoms with Crippen molar-refractivity contribution in [3.05, 3.63) is 17.7 Å². The molecule has 0 spiro atoms. The van der Waals surface area contributed by atoms with E-state index in [2.05, 4.69) is 12.2 Å². The normalized spacial score (nSPS) is 11.7. The van der Waals surface area contributed by atoms with Crippen LogP contribution in [0.1, 0.15) is 37.0 Å². The third-order valence-corrected chi connectivity index (χ3v) is 3.03. The number of rotatable bonds is 7. The first-order valence-corrected chi connectivity index (χ1v) is 6.68. The van der Waals surface area contributed by atoms with Gasteiger partial charge in [-0.05, 0) is 25.5 Å². The molecule has 1 atom stereocenters. The monoisotopic (exact) mass is 281 g/mol. The molecule has 0 saturated carbocycles. The molecule has 1 rings (SSSR count). The molecule has 0 aliphatic heterocycles. The standard InChI is InChI=1S/C15H23NO4/c1-6-7-10(2)16-15(17)11-8-12(18-3)14(20-5)13(9-11)19-4/h8-10H,6-7H2,1-5H3,(H,16,17)/t10-/m1/s1. The predicted octanol–water partition coefficient (Wildman–Crippen LogP) is 2.63. The van der Waals surface area contributed by atoms with Crippen LogP contribution in [0.2, 0.25) is 0 Å². The lowest BCUT2D eigenvalue weighted by Crippen LogP contribution is -2.32. The number of nitrogens with one attached hydrogen (secondary N) is 1. The van der Waals surface area contributed by atoms with Gasteiger partial charge >= 0.3 is 0 Å². The molecule has 0 bridgehead atoms. The summed E-state index contributed by atoms with van der Waals surface area (Å²) in [4.78, 5) is 12.2. The first-order chi connectivity index (χ1) is 9.57. The summed E-state index contributed by atoms with van der Waals surface area (Å²) in [6, 6.07) is 3.43.